The second kappa shape index (κ2) is 6.39. The topological polar surface area (TPSA) is 24.9 Å². The molecule has 0 bridgehead atoms. The molecule has 1 heterocycles. The molecule has 0 fully saturated rings. The SMILES string of the molecule is Cc1nc(C(C)(C)C)sc1C(C)Nc1c(Br)cccc1Br. The van der Waals surface area contributed by atoms with E-state index < -0.39 is 0 Å². The van der Waals surface area contributed by atoms with Crippen molar-refractivity contribution < 1.29 is 0 Å². The lowest BCUT2D eigenvalue weighted by atomic mass is 9.98. The third-order valence-electron chi connectivity index (χ3n) is 3.19. The Bertz CT molecular complexity index is 624. The molecule has 0 saturated carbocycles. The average molecular weight is 432 g/mol. The van der Waals surface area contributed by atoms with Crippen LogP contribution in [0.25, 0.3) is 0 Å². The van der Waals surface area contributed by atoms with Gasteiger partial charge in [0, 0.05) is 19.2 Å². The van der Waals surface area contributed by atoms with Gasteiger partial charge in [0.2, 0.25) is 0 Å². The second-order valence-electron chi connectivity index (χ2n) is 6.18. The molecule has 1 aromatic carbocycles. The molecule has 0 radical (unpaired) electrons. The fourth-order valence-corrected chi connectivity index (χ4v) is 4.40. The summed E-state index contributed by atoms with van der Waals surface area (Å²) >= 11 is 9.00. The van der Waals surface area contributed by atoms with E-state index in [1.165, 1.54) is 9.88 Å². The van der Waals surface area contributed by atoms with Gasteiger partial charge in [-0.3, -0.25) is 0 Å². The van der Waals surface area contributed by atoms with Gasteiger partial charge >= 0.3 is 0 Å². The molecular formula is C16H20Br2N2S. The van der Waals surface area contributed by atoms with E-state index in [-0.39, 0.29) is 11.5 Å². The van der Waals surface area contributed by atoms with Crippen molar-refractivity contribution in [3.8, 4) is 0 Å². The van der Waals surface area contributed by atoms with Gasteiger partial charge in [-0.05, 0) is 57.8 Å². The van der Waals surface area contributed by atoms with Gasteiger partial charge in [0.15, 0.2) is 0 Å². The Morgan fingerprint density at radius 1 is 1.19 bits per heavy atom. The minimum absolute atomic E-state index is 0.0985. The van der Waals surface area contributed by atoms with Crippen molar-refractivity contribution >= 4 is 48.9 Å². The molecule has 1 aromatic heterocycles. The van der Waals surface area contributed by atoms with Crippen molar-refractivity contribution in [2.75, 3.05) is 5.32 Å². The van der Waals surface area contributed by atoms with Crippen LogP contribution in [0.2, 0.25) is 0 Å². The number of aryl methyl sites for hydroxylation is 1. The Hall–Kier alpha value is -0.390. The number of rotatable bonds is 3. The van der Waals surface area contributed by atoms with Gasteiger partial charge in [0.05, 0.1) is 22.4 Å². The largest absolute Gasteiger partial charge is 0.376 e. The molecule has 0 spiro atoms. The van der Waals surface area contributed by atoms with Gasteiger partial charge in [-0.2, -0.15) is 0 Å². The number of anilines is 1. The lowest BCUT2D eigenvalue weighted by molar-refractivity contribution is 0.584. The molecule has 21 heavy (non-hydrogen) atoms. The summed E-state index contributed by atoms with van der Waals surface area (Å²) in [5.41, 5.74) is 2.30. The molecule has 0 aliphatic rings. The van der Waals surface area contributed by atoms with E-state index >= 15 is 0 Å². The molecule has 1 N–H and O–H groups in total. The molecule has 2 rings (SSSR count). The van der Waals surface area contributed by atoms with Crippen LogP contribution in [0.15, 0.2) is 27.1 Å². The Kier molecular flexibility index (Phi) is 5.16. The van der Waals surface area contributed by atoms with Crippen LogP contribution in [-0.2, 0) is 5.41 Å². The van der Waals surface area contributed by atoms with Crippen molar-refractivity contribution in [2.24, 2.45) is 0 Å². The molecule has 0 saturated heterocycles. The number of aromatic nitrogens is 1. The summed E-state index contributed by atoms with van der Waals surface area (Å²) < 4.78 is 2.11. The summed E-state index contributed by atoms with van der Waals surface area (Å²) in [6.07, 6.45) is 0. The molecule has 2 aromatic rings. The van der Waals surface area contributed by atoms with Gasteiger partial charge in [-0.25, -0.2) is 4.98 Å². The highest BCUT2D eigenvalue weighted by atomic mass is 79.9. The van der Waals surface area contributed by atoms with Crippen LogP contribution in [0, 0.1) is 6.92 Å². The fraction of sp³-hybridized carbons (Fsp3) is 0.438. The normalized spacial score (nSPS) is 13.3. The van der Waals surface area contributed by atoms with Crippen LogP contribution in [-0.4, -0.2) is 4.98 Å². The fourth-order valence-electron chi connectivity index (χ4n) is 2.05. The van der Waals surface area contributed by atoms with Crippen molar-refractivity contribution in [3.63, 3.8) is 0 Å². The average Bonchev–Trinajstić information content (AvgIpc) is 2.76. The van der Waals surface area contributed by atoms with Crippen LogP contribution in [0.5, 0.6) is 0 Å². The summed E-state index contributed by atoms with van der Waals surface area (Å²) in [6.45, 7) is 10.9. The molecule has 0 aliphatic heterocycles. The summed E-state index contributed by atoms with van der Waals surface area (Å²) in [5.74, 6) is 0. The maximum atomic E-state index is 4.74. The number of nitrogens with one attached hydrogen (secondary N) is 1. The molecule has 5 heteroatoms. The lowest BCUT2D eigenvalue weighted by Crippen LogP contribution is -2.10. The third-order valence-corrected chi connectivity index (χ3v) is 6.28. The number of hydrogen-bond donors (Lipinski definition) is 1. The van der Waals surface area contributed by atoms with E-state index in [1.807, 2.05) is 18.2 Å². The van der Waals surface area contributed by atoms with Gasteiger partial charge in [-0.1, -0.05) is 26.8 Å². The second-order valence-corrected chi connectivity index (χ2v) is 8.92. The van der Waals surface area contributed by atoms with E-state index in [1.54, 1.807) is 11.3 Å². The molecule has 0 amide bonds. The summed E-state index contributed by atoms with van der Waals surface area (Å²) in [4.78, 5) is 6.04. The van der Waals surface area contributed by atoms with Crippen LogP contribution >= 0.6 is 43.2 Å². The monoisotopic (exact) mass is 430 g/mol. The van der Waals surface area contributed by atoms with Gasteiger partial charge in [0.25, 0.3) is 0 Å². The summed E-state index contributed by atoms with van der Waals surface area (Å²) in [6, 6.07) is 6.31. The van der Waals surface area contributed by atoms with Crippen LogP contribution in [0.4, 0.5) is 5.69 Å². The Labute approximate surface area is 147 Å². The van der Waals surface area contributed by atoms with E-state index in [2.05, 4.69) is 71.8 Å². The Morgan fingerprint density at radius 3 is 2.24 bits per heavy atom. The summed E-state index contributed by atoms with van der Waals surface area (Å²) in [7, 11) is 0. The van der Waals surface area contributed by atoms with E-state index in [4.69, 9.17) is 4.98 Å². The number of thiazole rings is 1. The number of halogens is 2. The van der Waals surface area contributed by atoms with E-state index in [0.29, 0.717) is 0 Å². The molecule has 0 aliphatic carbocycles. The first-order chi connectivity index (χ1) is 9.70. The number of para-hydroxylation sites is 1. The van der Waals surface area contributed by atoms with Gasteiger partial charge in [-0.15, -0.1) is 11.3 Å². The highest BCUT2D eigenvalue weighted by Crippen LogP contribution is 2.37. The highest BCUT2D eigenvalue weighted by Gasteiger charge is 2.22. The maximum absolute atomic E-state index is 4.74. The Morgan fingerprint density at radius 2 is 1.76 bits per heavy atom. The highest BCUT2D eigenvalue weighted by molar-refractivity contribution is 9.11. The Balaban J connectivity index is 2.29. The first-order valence-corrected chi connectivity index (χ1v) is 9.28. The number of benzene rings is 1. The molecular weight excluding hydrogens is 412 g/mol. The van der Waals surface area contributed by atoms with Crippen LogP contribution in [0.3, 0.4) is 0 Å². The number of nitrogens with zero attached hydrogens (tertiary/aromatic N) is 1. The van der Waals surface area contributed by atoms with Crippen molar-refractivity contribution in [3.05, 3.63) is 42.7 Å². The predicted molar refractivity (Wildman–Crippen MR) is 99.4 cm³/mol. The van der Waals surface area contributed by atoms with Gasteiger partial charge in [0.1, 0.15) is 0 Å². The quantitative estimate of drug-likeness (QED) is 0.603. The minimum Gasteiger partial charge on any atom is -0.376 e. The van der Waals surface area contributed by atoms with Crippen molar-refractivity contribution in [2.45, 2.75) is 46.1 Å². The predicted octanol–water partition coefficient (Wildman–Crippen LogP) is 6.45. The first kappa shape index (κ1) is 17.0. The summed E-state index contributed by atoms with van der Waals surface area (Å²) in [5, 5.41) is 4.77. The van der Waals surface area contributed by atoms with Crippen molar-refractivity contribution in [1.29, 1.82) is 0 Å². The van der Waals surface area contributed by atoms with Crippen LogP contribution in [0.1, 0.15) is 49.3 Å². The van der Waals surface area contributed by atoms with Crippen LogP contribution < -0.4 is 5.32 Å². The smallest absolute Gasteiger partial charge is 0.0985 e. The third kappa shape index (κ3) is 3.88. The zero-order valence-corrected chi connectivity index (χ0v) is 16.9. The molecule has 1 atom stereocenters. The van der Waals surface area contributed by atoms with Crippen molar-refractivity contribution in [1.82, 2.24) is 4.98 Å². The number of hydrogen-bond acceptors (Lipinski definition) is 3. The standard InChI is InChI=1S/C16H20Br2N2S/c1-9(19-13-11(17)7-6-8-12(13)18)14-10(2)20-15(21-14)16(3,4)5/h6-9,19H,1-5H3. The zero-order chi connectivity index (χ0) is 15.8. The lowest BCUT2D eigenvalue weighted by Gasteiger charge is -2.17. The molecule has 2 nitrogen and oxygen atoms in total. The van der Waals surface area contributed by atoms with Gasteiger partial charge < -0.3 is 5.32 Å². The van der Waals surface area contributed by atoms with E-state index in [9.17, 15) is 0 Å². The molecule has 1 unspecified atom stereocenters. The molecule has 114 valence electrons. The maximum Gasteiger partial charge on any atom is 0.0985 e. The minimum atomic E-state index is 0.0985. The first-order valence-electron chi connectivity index (χ1n) is 6.88. The van der Waals surface area contributed by atoms with E-state index in [0.717, 1.165) is 20.3 Å². The zero-order valence-electron chi connectivity index (χ0n) is 12.9.